The van der Waals surface area contributed by atoms with Crippen LogP contribution in [0.25, 0.3) is 0 Å². The maximum absolute atomic E-state index is 13.6. The molecule has 0 amide bonds. The second kappa shape index (κ2) is 5.33. The molecule has 0 aliphatic carbocycles. The minimum absolute atomic E-state index is 0.138. The Kier molecular flexibility index (Phi) is 3.91. The Morgan fingerprint density at radius 2 is 1.75 bits per heavy atom. The van der Waals surface area contributed by atoms with Gasteiger partial charge in [0, 0.05) is 16.7 Å². The van der Waals surface area contributed by atoms with Crippen LogP contribution in [0.4, 0.5) is 14.5 Å². The summed E-state index contributed by atoms with van der Waals surface area (Å²) in [6.07, 6.45) is 0.930. The first-order valence-corrected chi connectivity index (χ1v) is 7.43. The summed E-state index contributed by atoms with van der Waals surface area (Å²) in [5.74, 6) is -2.13. The second-order valence-corrected chi connectivity index (χ2v) is 6.34. The Morgan fingerprint density at radius 3 is 2.25 bits per heavy atom. The predicted molar refractivity (Wildman–Crippen MR) is 71.9 cm³/mol. The molecule has 1 aromatic carbocycles. The third kappa shape index (κ3) is 3.05. The number of aromatic nitrogens is 1. The van der Waals surface area contributed by atoms with Gasteiger partial charge in [-0.05, 0) is 18.2 Å². The summed E-state index contributed by atoms with van der Waals surface area (Å²) in [7, 11) is -4.20. The van der Waals surface area contributed by atoms with Crippen molar-refractivity contribution in [1.29, 1.82) is 0 Å². The van der Waals surface area contributed by atoms with Crippen LogP contribution in [0.3, 0.4) is 0 Å². The van der Waals surface area contributed by atoms with Crippen LogP contribution in [0.5, 0.6) is 0 Å². The molecule has 0 unspecified atom stereocenters. The van der Waals surface area contributed by atoms with Gasteiger partial charge in [-0.2, -0.15) is 0 Å². The van der Waals surface area contributed by atoms with E-state index in [0.717, 1.165) is 30.5 Å². The number of hydrogen-bond donors (Lipinski definition) is 2. The van der Waals surface area contributed by atoms with Gasteiger partial charge in [-0.15, -0.1) is 0 Å². The van der Waals surface area contributed by atoms with Crippen LogP contribution >= 0.6 is 15.9 Å². The zero-order valence-electron chi connectivity index (χ0n) is 9.65. The Bertz CT molecular complexity index is 777. The topological polar surface area (TPSA) is 79.0 Å². The van der Waals surface area contributed by atoms with Gasteiger partial charge in [-0.3, -0.25) is 9.52 Å². The van der Waals surface area contributed by atoms with Gasteiger partial charge in [0.15, 0.2) is 11.6 Å². The smallest absolute Gasteiger partial charge is 0.263 e. The van der Waals surface area contributed by atoms with E-state index in [2.05, 4.69) is 20.9 Å². The zero-order chi connectivity index (χ0) is 14.9. The molecule has 1 heterocycles. The van der Waals surface area contributed by atoms with Crippen molar-refractivity contribution in [2.75, 3.05) is 4.72 Å². The number of rotatable bonds is 3. The van der Waals surface area contributed by atoms with Crippen molar-refractivity contribution >= 4 is 31.6 Å². The van der Waals surface area contributed by atoms with Crippen LogP contribution in [-0.2, 0) is 10.0 Å². The molecule has 0 spiro atoms. The van der Waals surface area contributed by atoms with Crippen LogP contribution < -0.4 is 10.3 Å². The molecule has 0 bridgehead atoms. The Hall–Kier alpha value is -1.74. The number of aromatic amines is 1. The van der Waals surface area contributed by atoms with Gasteiger partial charge in [0.2, 0.25) is 5.56 Å². The summed E-state index contributed by atoms with van der Waals surface area (Å²) in [6.45, 7) is 0. The number of hydrogen-bond acceptors (Lipinski definition) is 3. The number of benzene rings is 1. The predicted octanol–water partition coefficient (Wildman–Crippen LogP) is 2.22. The van der Waals surface area contributed by atoms with Gasteiger partial charge in [0.25, 0.3) is 10.0 Å². The summed E-state index contributed by atoms with van der Waals surface area (Å²) in [5, 5.41) is 0. The van der Waals surface area contributed by atoms with E-state index in [1.54, 1.807) is 4.72 Å². The Balaban J connectivity index is 2.43. The van der Waals surface area contributed by atoms with E-state index in [9.17, 15) is 22.0 Å². The first-order chi connectivity index (χ1) is 9.29. The van der Waals surface area contributed by atoms with E-state index >= 15 is 0 Å². The second-order valence-electron chi connectivity index (χ2n) is 3.74. The molecule has 0 saturated carbocycles. The number of H-pyrrole nitrogens is 1. The average molecular weight is 365 g/mol. The van der Waals surface area contributed by atoms with Gasteiger partial charge in [0.1, 0.15) is 10.6 Å². The summed E-state index contributed by atoms with van der Waals surface area (Å²) in [4.78, 5) is 12.7. The molecule has 2 N–H and O–H groups in total. The van der Waals surface area contributed by atoms with Crippen LogP contribution in [0.2, 0.25) is 0 Å². The van der Waals surface area contributed by atoms with Gasteiger partial charge in [0.05, 0.1) is 0 Å². The first kappa shape index (κ1) is 14.7. The first-order valence-electron chi connectivity index (χ1n) is 5.16. The molecule has 0 aliphatic heterocycles. The highest BCUT2D eigenvalue weighted by molar-refractivity contribution is 9.10. The lowest BCUT2D eigenvalue weighted by Gasteiger charge is -2.10. The van der Waals surface area contributed by atoms with E-state index in [0.29, 0.717) is 0 Å². The van der Waals surface area contributed by atoms with Gasteiger partial charge in [-0.1, -0.05) is 15.9 Å². The fourth-order valence-electron chi connectivity index (χ4n) is 1.40. The van der Waals surface area contributed by atoms with Crippen molar-refractivity contribution in [3.63, 3.8) is 0 Å². The summed E-state index contributed by atoms with van der Waals surface area (Å²) in [6, 6.07) is 3.86. The summed E-state index contributed by atoms with van der Waals surface area (Å²) in [5.41, 5.74) is -1.29. The normalized spacial score (nSPS) is 11.3. The standard InChI is InChI=1S/C11H7BrF2N2O3S/c12-6-3-8(13)11(9(14)4-6)16-20(18,19)7-1-2-10(17)15-5-7/h1-5,16H,(H,15,17). The Morgan fingerprint density at radius 1 is 1.15 bits per heavy atom. The molecule has 0 fully saturated rings. The van der Waals surface area contributed by atoms with Crippen molar-refractivity contribution in [2.24, 2.45) is 0 Å². The van der Waals surface area contributed by atoms with Gasteiger partial charge < -0.3 is 4.98 Å². The average Bonchev–Trinajstić information content (AvgIpc) is 2.34. The molecule has 0 aliphatic rings. The van der Waals surface area contributed by atoms with Crippen LogP contribution in [0.15, 0.2) is 44.6 Å². The van der Waals surface area contributed by atoms with E-state index in [1.807, 2.05) is 0 Å². The van der Waals surface area contributed by atoms with Crippen molar-refractivity contribution in [1.82, 2.24) is 4.98 Å². The molecule has 1 aromatic heterocycles. The maximum atomic E-state index is 13.6. The number of anilines is 1. The number of halogens is 3. The largest absolute Gasteiger partial charge is 0.328 e. The molecule has 2 rings (SSSR count). The highest BCUT2D eigenvalue weighted by Gasteiger charge is 2.19. The number of pyridine rings is 1. The molecule has 2 aromatic rings. The van der Waals surface area contributed by atoms with E-state index < -0.39 is 32.9 Å². The SMILES string of the molecule is O=c1ccc(S(=O)(=O)Nc2c(F)cc(Br)cc2F)c[nH]1. The third-order valence-electron chi connectivity index (χ3n) is 2.31. The van der Waals surface area contributed by atoms with E-state index in [4.69, 9.17) is 0 Å². The minimum atomic E-state index is -4.20. The molecule has 20 heavy (non-hydrogen) atoms. The van der Waals surface area contributed by atoms with Gasteiger partial charge >= 0.3 is 0 Å². The van der Waals surface area contributed by atoms with Crippen molar-refractivity contribution in [3.8, 4) is 0 Å². The van der Waals surface area contributed by atoms with E-state index in [1.165, 1.54) is 0 Å². The van der Waals surface area contributed by atoms with Crippen molar-refractivity contribution in [3.05, 3.63) is 56.9 Å². The maximum Gasteiger partial charge on any atom is 0.263 e. The highest BCUT2D eigenvalue weighted by atomic mass is 79.9. The Labute approximate surface area is 120 Å². The van der Waals surface area contributed by atoms with Crippen LogP contribution in [0, 0.1) is 11.6 Å². The van der Waals surface area contributed by atoms with Crippen molar-refractivity contribution in [2.45, 2.75) is 4.90 Å². The third-order valence-corrected chi connectivity index (χ3v) is 4.11. The zero-order valence-corrected chi connectivity index (χ0v) is 12.1. The van der Waals surface area contributed by atoms with Gasteiger partial charge in [-0.25, -0.2) is 17.2 Å². The molecule has 0 saturated heterocycles. The quantitative estimate of drug-likeness (QED) is 0.876. The number of sulfonamides is 1. The molecule has 0 radical (unpaired) electrons. The van der Waals surface area contributed by atoms with Crippen molar-refractivity contribution < 1.29 is 17.2 Å². The lowest BCUT2D eigenvalue weighted by Crippen LogP contribution is -2.17. The van der Waals surface area contributed by atoms with E-state index in [-0.39, 0.29) is 9.37 Å². The van der Waals surface area contributed by atoms with Crippen LogP contribution in [0.1, 0.15) is 0 Å². The lowest BCUT2D eigenvalue weighted by molar-refractivity contribution is 0.581. The molecule has 5 nitrogen and oxygen atoms in total. The number of nitrogens with one attached hydrogen (secondary N) is 2. The molecule has 0 atom stereocenters. The monoisotopic (exact) mass is 364 g/mol. The molecular formula is C11H7BrF2N2O3S. The molecule has 9 heteroatoms. The summed E-state index contributed by atoms with van der Waals surface area (Å²) >= 11 is 2.88. The fourth-order valence-corrected chi connectivity index (χ4v) is 2.84. The van der Waals surface area contributed by atoms with Crippen LogP contribution in [-0.4, -0.2) is 13.4 Å². The minimum Gasteiger partial charge on any atom is -0.328 e. The fraction of sp³-hybridized carbons (Fsp3) is 0. The summed E-state index contributed by atoms with van der Waals surface area (Å²) < 4.78 is 52.9. The molecule has 106 valence electrons. The highest BCUT2D eigenvalue weighted by Crippen LogP contribution is 2.25. The lowest BCUT2D eigenvalue weighted by atomic mass is 10.3. The molecular weight excluding hydrogens is 358 g/mol.